The van der Waals surface area contributed by atoms with Crippen LogP contribution in [-0.2, 0) is 6.42 Å². The van der Waals surface area contributed by atoms with E-state index in [1.807, 2.05) is 31.2 Å². The van der Waals surface area contributed by atoms with Gasteiger partial charge in [-0.1, -0.05) is 35.9 Å². The molecule has 1 amide bonds. The Labute approximate surface area is 131 Å². The highest BCUT2D eigenvalue weighted by molar-refractivity contribution is 5.97. The second kappa shape index (κ2) is 6.22. The predicted molar refractivity (Wildman–Crippen MR) is 87.3 cm³/mol. The van der Waals surface area contributed by atoms with Crippen LogP contribution in [0.1, 0.15) is 45.9 Å². The lowest BCUT2D eigenvalue weighted by Gasteiger charge is -2.26. The number of rotatable bonds is 3. The molecular weight excluding hydrogens is 274 g/mol. The molecule has 2 aromatic carbocycles. The molecule has 3 heteroatoms. The van der Waals surface area contributed by atoms with Crippen molar-refractivity contribution in [2.75, 3.05) is 7.11 Å². The SMILES string of the molecule is COc1ccc(C)cc1C(=O)N[C@H]1CCCc2ccccc21. The van der Waals surface area contributed by atoms with Gasteiger partial charge in [0.05, 0.1) is 18.7 Å². The standard InChI is InChI=1S/C19H21NO2/c1-13-10-11-18(22-2)16(12-13)19(21)20-17-9-5-7-14-6-3-4-8-15(14)17/h3-4,6,8,10-12,17H,5,7,9H2,1-2H3,(H,20,21)/t17-/m0/s1. The zero-order chi connectivity index (χ0) is 15.5. The molecule has 3 nitrogen and oxygen atoms in total. The Morgan fingerprint density at radius 3 is 2.86 bits per heavy atom. The van der Waals surface area contributed by atoms with Gasteiger partial charge in [0.15, 0.2) is 0 Å². The molecule has 1 atom stereocenters. The van der Waals surface area contributed by atoms with E-state index in [4.69, 9.17) is 4.74 Å². The smallest absolute Gasteiger partial charge is 0.255 e. The number of carbonyl (C=O) groups excluding carboxylic acids is 1. The fraction of sp³-hybridized carbons (Fsp3) is 0.316. The van der Waals surface area contributed by atoms with E-state index >= 15 is 0 Å². The highest BCUT2D eigenvalue weighted by atomic mass is 16.5. The third-order valence-electron chi connectivity index (χ3n) is 4.27. The lowest BCUT2D eigenvalue weighted by atomic mass is 9.87. The van der Waals surface area contributed by atoms with Gasteiger partial charge in [-0.2, -0.15) is 0 Å². The number of fused-ring (bicyclic) bond motifs is 1. The molecule has 0 saturated heterocycles. The topological polar surface area (TPSA) is 38.3 Å². The van der Waals surface area contributed by atoms with Crippen molar-refractivity contribution >= 4 is 5.91 Å². The Balaban J connectivity index is 1.85. The molecule has 3 rings (SSSR count). The molecule has 114 valence electrons. The summed E-state index contributed by atoms with van der Waals surface area (Å²) in [5.41, 5.74) is 4.24. The highest BCUT2D eigenvalue weighted by Gasteiger charge is 2.23. The maximum absolute atomic E-state index is 12.7. The summed E-state index contributed by atoms with van der Waals surface area (Å²) in [6.45, 7) is 1.98. The van der Waals surface area contributed by atoms with Crippen molar-refractivity contribution < 1.29 is 9.53 Å². The number of hydrogen-bond acceptors (Lipinski definition) is 2. The number of benzene rings is 2. The Morgan fingerprint density at radius 2 is 2.05 bits per heavy atom. The minimum absolute atomic E-state index is 0.0674. The summed E-state index contributed by atoms with van der Waals surface area (Å²) < 4.78 is 5.32. The first-order valence-electron chi connectivity index (χ1n) is 7.72. The maximum atomic E-state index is 12.7. The zero-order valence-electron chi connectivity index (χ0n) is 13.1. The van der Waals surface area contributed by atoms with Crippen molar-refractivity contribution in [1.82, 2.24) is 5.32 Å². The summed E-state index contributed by atoms with van der Waals surface area (Å²) in [4.78, 5) is 12.7. The molecule has 0 aliphatic heterocycles. The molecular formula is C19H21NO2. The van der Waals surface area contributed by atoms with Gasteiger partial charge in [0, 0.05) is 0 Å². The molecule has 0 heterocycles. The van der Waals surface area contributed by atoms with E-state index in [1.165, 1.54) is 11.1 Å². The van der Waals surface area contributed by atoms with E-state index in [-0.39, 0.29) is 11.9 Å². The molecule has 0 fully saturated rings. The fourth-order valence-corrected chi connectivity index (χ4v) is 3.14. The fourth-order valence-electron chi connectivity index (χ4n) is 3.14. The zero-order valence-corrected chi connectivity index (χ0v) is 13.1. The van der Waals surface area contributed by atoms with E-state index < -0.39 is 0 Å². The van der Waals surface area contributed by atoms with E-state index in [0.717, 1.165) is 24.8 Å². The summed E-state index contributed by atoms with van der Waals surface area (Å²) >= 11 is 0. The van der Waals surface area contributed by atoms with Crippen LogP contribution in [0, 0.1) is 6.92 Å². The van der Waals surface area contributed by atoms with Crippen LogP contribution in [0.2, 0.25) is 0 Å². The van der Waals surface area contributed by atoms with Crippen molar-refractivity contribution in [3.8, 4) is 5.75 Å². The lowest BCUT2D eigenvalue weighted by molar-refractivity contribution is 0.0929. The minimum Gasteiger partial charge on any atom is -0.496 e. The highest BCUT2D eigenvalue weighted by Crippen LogP contribution is 2.30. The summed E-state index contributed by atoms with van der Waals surface area (Å²) in [6, 6.07) is 14.1. The Kier molecular flexibility index (Phi) is 4.14. The van der Waals surface area contributed by atoms with Crippen molar-refractivity contribution in [1.29, 1.82) is 0 Å². The first-order chi connectivity index (χ1) is 10.7. The molecule has 0 spiro atoms. The number of nitrogens with one attached hydrogen (secondary N) is 1. The molecule has 1 aliphatic rings. The van der Waals surface area contributed by atoms with Crippen molar-refractivity contribution in [2.24, 2.45) is 0 Å². The molecule has 0 saturated carbocycles. The van der Waals surface area contributed by atoms with Crippen LogP contribution in [0.3, 0.4) is 0 Å². The van der Waals surface area contributed by atoms with Crippen LogP contribution in [0.4, 0.5) is 0 Å². The Bertz CT molecular complexity index is 694. The summed E-state index contributed by atoms with van der Waals surface area (Å²) in [6.07, 6.45) is 3.18. The summed E-state index contributed by atoms with van der Waals surface area (Å²) in [5.74, 6) is 0.550. The number of aryl methyl sites for hydroxylation is 2. The van der Waals surface area contributed by atoms with E-state index in [1.54, 1.807) is 7.11 Å². The van der Waals surface area contributed by atoms with Crippen LogP contribution in [0.15, 0.2) is 42.5 Å². The van der Waals surface area contributed by atoms with Crippen molar-refractivity contribution in [2.45, 2.75) is 32.2 Å². The van der Waals surface area contributed by atoms with E-state index in [0.29, 0.717) is 11.3 Å². The van der Waals surface area contributed by atoms with Crippen LogP contribution >= 0.6 is 0 Å². The molecule has 1 N–H and O–H groups in total. The van der Waals surface area contributed by atoms with Gasteiger partial charge >= 0.3 is 0 Å². The van der Waals surface area contributed by atoms with Gasteiger partial charge in [-0.3, -0.25) is 4.79 Å². The number of hydrogen-bond donors (Lipinski definition) is 1. The van der Waals surface area contributed by atoms with Crippen LogP contribution in [0.5, 0.6) is 5.75 Å². The number of amides is 1. The van der Waals surface area contributed by atoms with Gasteiger partial charge in [0.1, 0.15) is 5.75 Å². The van der Waals surface area contributed by atoms with Gasteiger partial charge in [-0.25, -0.2) is 0 Å². The summed E-state index contributed by atoms with van der Waals surface area (Å²) in [7, 11) is 1.59. The minimum atomic E-state index is -0.0674. The van der Waals surface area contributed by atoms with Crippen LogP contribution in [-0.4, -0.2) is 13.0 Å². The quantitative estimate of drug-likeness (QED) is 0.935. The first-order valence-corrected chi connectivity index (χ1v) is 7.72. The lowest BCUT2D eigenvalue weighted by Crippen LogP contribution is -2.31. The largest absolute Gasteiger partial charge is 0.496 e. The van der Waals surface area contributed by atoms with Crippen LogP contribution < -0.4 is 10.1 Å². The van der Waals surface area contributed by atoms with Gasteiger partial charge in [-0.15, -0.1) is 0 Å². The average molecular weight is 295 g/mol. The number of methoxy groups -OCH3 is 1. The molecule has 0 unspecified atom stereocenters. The third-order valence-corrected chi connectivity index (χ3v) is 4.27. The van der Waals surface area contributed by atoms with Crippen LogP contribution in [0.25, 0.3) is 0 Å². The molecule has 0 radical (unpaired) electrons. The van der Waals surface area contributed by atoms with Gasteiger partial charge in [0.25, 0.3) is 5.91 Å². The normalized spacial score (nSPS) is 16.7. The summed E-state index contributed by atoms with van der Waals surface area (Å²) in [5, 5.41) is 3.17. The van der Waals surface area contributed by atoms with Crippen molar-refractivity contribution in [3.63, 3.8) is 0 Å². The average Bonchev–Trinajstić information content (AvgIpc) is 2.55. The molecule has 0 aromatic heterocycles. The van der Waals surface area contributed by atoms with Gasteiger partial charge in [-0.05, 0) is 49.4 Å². The van der Waals surface area contributed by atoms with E-state index in [9.17, 15) is 4.79 Å². The third kappa shape index (κ3) is 2.84. The van der Waals surface area contributed by atoms with Crippen molar-refractivity contribution in [3.05, 3.63) is 64.7 Å². The monoisotopic (exact) mass is 295 g/mol. The van der Waals surface area contributed by atoms with E-state index in [2.05, 4.69) is 23.5 Å². The second-order valence-corrected chi connectivity index (χ2v) is 5.82. The molecule has 22 heavy (non-hydrogen) atoms. The van der Waals surface area contributed by atoms with Gasteiger partial charge < -0.3 is 10.1 Å². The Hall–Kier alpha value is -2.29. The van der Waals surface area contributed by atoms with Gasteiger partial charge in [0.2, 0.25) is 0 Å². The Morgan fingerprint density at radius 1 is 1.23 bits per heavy atom. The maximum Gasteiger partial charge on any atom is 0.255 e. The number of ether oxygens (including phenoxy) is 1. The second-order valence-electron chi connectivity index (χ2n) is 5.82. The molecule has 2 aromatic rings. The first kappa shape index (κ1) is 14.6. The number of carbonyl (C=O) groups is 1. The molecule has 1 aliphatic carbocycles. The predicted octanol–water partition coefficient (Wildman–Crippen LogP) is 3.81. The molecule has 0 bridgehead atoms.